The quantitative estimate of drug-likeness (QED) is 0.390. The summed E-state index contributed by atoms with van der Waals surface area (Å²) in [6.45, 7) is 2.80. The Balaban J connectivity index is 1.98. The van der Waals surface area contributed by atoms with Crippen molar-refractivity contribution in [2.45, 2.75) is 38.0 Å². The van der Waals surface area contributed by atoms with Gasteiger partial charge in [0.2, 0.25) is 0 Å². The fraction of sp³-hybridized carbons (Fsp3) is 0.391. The summed E-state index contributed by atoms with van der Waals surface area (Å²) in [4.78, 5) is 9.59. The van der Waals surface area contributed by atoms with Crippen LogP contribution in [0, 0.1) is 0 Å². The van der Waals surface area contributed by atoms with E-state index >= 15 is 0 Å². The maximum absolute atomic E-state index is 13.5. The summed E-state index contributed by atoms with van der Waals surface area (Å²) in [5, 5.41) is 0.0952. The maximum atomic E-state index is 13.5. The molecule has 0 aliphatic carbocycles. The Kier molecular flexibility index (Phi) is 7.07. The van der Waals surface area contributed by atoms with E-state index in [1.807, 2.05) is 37.1 Å². The van der Waals surface area contributed by atoms with Crippen molar-refractivity contribution in [1.29, 1.82) is 0 Å². The molecule has 172 valence electrons. The van der Waals surface area contributed by atoms with E-state index in [-0.39, 0.29) is 10.9 Å². The normalized spacial score (nSPS) is 13.7. The molecule has 0 radical (unpaired) electrons. The third-order valence-electron chi connectivity index (χ3n) is 5.41. The van der Waals surface area contributed by atoms with Gasteiger partial charge in [0.05, 0.1) is 11.1 Å². The van der Waals surface area contributed by atoms with Crippen LogP contribution in [0.2, 0.25) is 0 Å². The van der Waals surface area contributed by atoms with Crippen molar-refractivity contribution in [3.05, 3.63) is 71.2 Å². The van der Waals surface area contributed by atoms with Gasteiger partial charge in [-0.25, -0.2) is 4.98 Å². The van der Waals surface area contributed by atoms with Gasteiger partial charge in [0.25, 0.3) is 0 Å². The van der Waals surface area contributed by atoms with E-state index in [2.05, 4.69) is 9.97 Å². The molecule has 3 nitrogen and oxygen atoms in total. The number of halogens is 6. The lowest BCUT2D eigenvalue weighted by molar-refractivity contribution is -0.142. The molecular weight excluding hydrogens is 432 g/mol. The van der Waals surface area contributed by atoms with Gasteiger partial charge in [0.1, 0.15) is 5.69 Å². The molecule has 2 aromatic heterocycles. The number of alkyl halides is 6. The van der Waals surface area contributed by atoms with Crippen molar-refractivity contribution in [3.63, 3.8) is 0 Å². The number of nitrogens with zero attached hydrogens (tertiary/aromatic N) is 3. The summed E-state index contributed by atoms with van der Waals surface area (Å²) in [6, 6.07) is 9.84. The maximum Gasteiger partial charge on any atom is 0.433 e. The zero-order valence-electron chi connectivity index (χ0n) is 17.6. The molecule has 0 fully saturated rings. The highest BCUT2D eigenvalue weighted by Gasteiger charge is 2.38. The number of hydrogen-bond acceptors (Lipinski definition) is 3. The van der Waals surface area contributed by atoms with E-state index in [1.165, 1.54) is 12.1 Å². The Labute approximate surface area is 182 Å². The van der Waals surface area contributed by atoms with E-state index in [9.17, 15) is 26.3 Å². The van der Waals surface area contributed by atoms with Crippen molar-refractivity contribution in [2.24, 2.45) is 0 Å². The minimum atomic E-state index is -4.86. The molecule has 32 heavy (non-hydrogen) atoms. The first-order valence-corrected chi connectivity index (χ1v) is 10.2. The van der Waals surface area contributed by atoms with Gasteiger partial charge in [-0.15, -0.1) is 0 Å². The molecule has 0 amide bonds. The first kappa shape index (κ1) is 24.0. The lowest BCUT2D eigenvalue weighted by atomic mass is 9.91. The van der Waals surface area contributed by atoms with Crippen LogP contribution >= 0.6 is 0 Å². The fourth-order valence-electron chi connectivity index (χ4n) is 3.75. The van der Waals surface area contributed by atoms with Crippen molar-refractivity contribution < 1.29 is 26.3 Å². The summed E-state index contributed by atoms with van der Waals surface area (Å²) in [5.74, 6) is -0.404. The first-order chi connectivity index (χ1) is 15.0. The Morgan fingerprint density at radius 2 is 1.72 bits per heavy atom. The van der Waals surface area contributed by atoms with Crippen molar-refractivity contribution in [2.75, 3.05) is 20.1 Å². The topological polar surface area (TPSA) is 29.0 Å². The molecule has 0 spiro atoms. The van der Waals surface area contributed by atoms with Crippen LogP contribution in [0.1, 0.15) is 41.8 Å². The molecule has 3 aromatic rings. The molecule has 0 aliphatic heterocycles. The second-order valence-electron chi connectivity index (χ2n) is 7.73. The van der Waals surface area contributed by atoms with Crippen LogP contribution in [-0.2, 0) is 18.8 Å². The van der Waals surface area contributed by atoms with Crippen LogP contribution in [0.5, 0.6) is 0 Å². The van der Waals surface area contributed by atoms with Crippen LogP contribution in [0.25, 0.3) is 10.9 Å². The third kappa shape index (κ3) is 5.56. The SMILES string of the molecule is CCC(CN(C)CCc1ccccn1)c1cc(C(F)(F)F)nc2c(C(F)(F)F)cccc12. The molecule has 2 heterocycles. The van der Waals surface area contributed by atoms with E-state index in [1.54, 1.807) is 6.20 Å². The summed E-state index contributed by atoms with van der Waals surface area (Å²) in [6.07, 6.45) is -6.87. The zero-order chi connectivity index (χ0) is 23.5. The summed E-state index contributed by atoms with van der Waals surface area (Å²) < 4.78 is 81.0. The highest BCUT2D eigenvalue weighted by Crippen LogP contribution is 2.39. The molecule has 0 saturated heterocycles. The van der Waals surface area contributed by atoms with Crippen molar-refractivity contribution in [3.8, 4) is 0 Å². The molecule has 9 heteroatoms. The van der Waals surface area contributed by atoms with E-state index in [0.29, 0.717) is 25.9 Å². The third-order valence-corrected chi connectivity index (χ3v) is 5.41. The largest absolute Gasteiger partial charge is 0.433 e. The number of rotatable bonds is 7. The highest BCUT2D eigenvalue weighted by molar-refractivity contribution is 5.86. The Morgan fingerprint density at radius 1 is 0.969 bits per heavy atom. The van der Waals surface area contributed by atoms with Gasteiger partial charge in [-0.2, -0.15) is 26.3 Å². The monoisotopic (exact) mass is 455 g/mol. The number of para-hydroxylation sites is 1. The molecular formula is C23H23F6N3. The highest BCUT2D eigenvalue weighted by atomic mass is 19.4. The van der Waals surface area contributed by atoms with Gasteiger partial charge >= 0.3 is 12.4 Å². The smallest absolute Gasteiger partial charge is 0.305 e. The average molecular weight is 455 g/mol. The molecule has 0 aliphatic rings. The number of benzene rings is 1. The van der Waals surface area contributed by atoms with E-state index < -0.39 is 35.0 Å². The molecule has 1 aromatic carbocycles. The van der Waals surface area contributed by atoms with E-state index in [4.69, 9.17) is 0 Å². The zero-order valence-corrected chi connectivity index (χ0v) is 17.6. The molecule has 1 unspecified atom stereocenters. The van der Waals surface area contributed by atoms with Crippen molar-refractivity contribution in [1.82, 2.24) is 14.9 Å². The predicted molar refractivity (Wildman–Crippen MR) is 110 cm³/mol. The molecule has 0 N–H and O–H groups in total. The average Bonchev–Trinajstić information content (AvgIpc) is 2.74. The first-order valence-electron chi connectivity index (χ1n) is 10.2. The van der Waals surface area contributed by atoms with Gasteiger partial charge in [0, 0.05) is 36.8 Å². The van der Waals surface area contributed by atoms with Gasteiger partial charge in [-0.1, -0.05) is 25.1 Å². The number of pyridine rings is 2. The summed E-state index contributed by atoms with van der Waals surface area (Å²) in [7, 11) is 1.83. The minimum absolute atomic E-state index is 0.0952. The van der Waals surface area contributed by atoms with Gasteiger partial charge in [-0.3, -0.25) is 4.98 Å². The molecule has 3 rings (SSSR count). The number of likely N-dealkylation sites (N-methyl/N-ethyl adjacent to an activating group) is 1. The molecule has 0 saturated carbocycles. The number of aromatic nitrogens is 2. The Bertz CT molecular complexity index is 1050. The second kappa shape index (κ2) is 9.44. The Hall–Kier alpha value is -2.68. The summed E-state index contributed by atoms with van der Waals surface area (Å²) in [5.41, 5.74) is -2.04. The van der Waals surface area contributed by atoms with Crippen molar-refractivity contribution >= 4 is 10.9 Å². The van der Waals surface area contributed by atoms with Crippen LogP contribution in [0.4, 0.5) is 26.3 Å². The van der Waals surface area contributed by atoms with Gasteiger partial charge in [0.15, 0.2) is 0 Å². The van der Waals surface area contributed by atoms with Crippen LogP contribution in [-0.4, -0.2) is 35.0 Å². The lowest BCUT2D eigenvalue weighted by Crippen LogP contribution is -2.27. The molecule has 0 bridgehead atoms. The lowest BCUT2D eigenvalue weighted by Gasteiger charge is -2.25. The van der Waals surface area contributed by atoms with E-state index in [0.717, 1.165) is 17.8 Å². The van der Waals surface area contributed by atoms with Crippen LogP contribution < -0.4 is 0 Å². The van der Waals surface area contributed by atoms with Gasteiger partial charge < -0.3 is 4.90 Å². The minimum Gasteiger partial charge on any atom is -0.305 e. The number of fused-ring (bicyclic) bond motifs is 1. The molecule has 1 atom stereocenters. The predicted octanol–water partition coefficient (Wildman–Crippen LogP) is 6.34. The van der Waals surface area contributed by atoms with Crippen LogP contribution in [0.3, 0.4) is 0 Å². The van der Waals surface area contributed by atoms with Gasteiger partial charge in [-0.05, 0) is 49.2 Å². The van der Waals surface area contributed by atoms with Crippen LogP contribution in [0.15, 0.2) is 48.7 Å². The standard InChI is InChI=1S/C23H23F6N3/c1-3-15(14-32(2)12-10-16-7-4-5-11-30-16)18-13-20(23(27,28)29)31-21-17(18)8-6-9-19(21)22(24,25)26/h4-9,11,13,15H,3,10,12,14H2,1-2H3. The fourth-order valence-corrected chi connectivity index (χ4v) is 3.75. The summed E-state index contributed by atoms with van der Waals surface area (Å²) >= 11 is 0. The Morgan fingerprint density at radius 3 is 2.31 bits per heavy atom. The number of hydrogen-bond donors (Lipinski definition) is 0. The second-order valence-corrected chi connectivity index (χ2v) is 7.73.